The van der Waals surface area contributed by atoms with Gasteiger partial charge in [-0.05, 0) is 12.1 Å². The highest BCUT2D eigenvalue weighted by Crippen LogP contribution is 2.36. The Balaban J connectivity index is 2.26. The van der Waals surface area contributed by atoms with Gasteiger partial charge in [0.1, 0.15) is 0 Å². The topological polar surface area (TPSA) is 35.5 Å². The van der Waals surface area contributed by atoms with E-state index in [-0.39, 0.29) is 5.75 Å². The third-order valence-electron chi connectivity index (χ3n) is 2.26. The lowest BCUT2D eigenvalue weighted by atomic mass is 10.3. The number of hydrogen-bond acceptors (Lipinski definition) is 3. The van der Waals surface area contributed by atoms with Crippen molar-refractivity contribution < 1.29 is 35.6 Å². The van der Waals surface area contributed by atoms with Crippen LogP contribution in [-0.4, -0.2) is 0 Å². The zero-order chi connectivity index (χ0) is 15.6. The van der Waals surface area contributed by atoms with E-state index in [1.807, 2.05) is 0 Å². The van der Waals surface area contributed by atoms with Gasteiger partial charge < -0.3 is 0 Å². The molecule has 2 aromatic rings. The van der Waals surface area contributed by atoms with E-state index in [4.69, 9.17) is 0 Å². The van der Waals surface area contributed by atoms with E-state index in [1.165, 1.54) is 24.3 Å². The van der Waals surface area contributed by atoms with E-state index in [0.717, 1.165) is 0 Å². The lowest BCUT2D eigenvalue weighted by molar-refractivity contribution is 0.336. The summed E-state index contributed by atoms with van der Waals surface area (Å²) in [5.74, 6) is -12.8. The van der Waals surface area contributed by atoms with Gasteiger partial charge in [-0.1, -0.05) is 18.2 Å². The van der Waals surface area contributed by atoms with Crippen molar-refractivity contribution in [2.45, 2.75) is 0 Å². The Morgan fingerprint density at radius 1 is 0.714 bits per heavy atom. The molecule has 0 aliphatic heterocycles. The number of rotatable bonds is 4. The van der Waals surface area contributed by atoms with E-state index in [0.29, 0.717) is 0 Å². The second-order valence-corrected chi connectivity index (χ2v) is 4.43. The molecule has 0 saturated carbocycles. The van der Waals surface area contributed by atoms with Crippen LogP contribution < -0.4 is 9.05 Å². The summed E-state index contributed by atoms with van der Waals surface area (Å²) >= 11 is 0. The minimum absolute atomic E-state index is 0.0301. The number of benzene rings is 2. The molecule has 0 heterocycles. The molecule has 0 aromatic heterocycles. The van der Waals surface area contributed by atoms with Gasteiger partial charge >= 0.3 is 8.25 Å². The van der Waals surface area contributed by atoms with Crippen LogP contribution in [0.1, 0.15) is 0 Å². The SMILES string of the molecule is O=[P+](Oc1ccccc1)Oc1c(F)c(F)c(F)c(F)c1F. The quantitative estimate of drug-likeness (QED) is 0.360. The van der Waals surface area contributed by atoms with Gasteiger partial charge in [0.25, 0.3) is 5.75 Å². The maximum absolute atomic E-state index is 13.3. The first-order chi connectivity index (χ1) is 9.91. The molecule has 0 spiro atoms. The minimum atomic E-state index is -3.19. The number of hydrogen-bond donors (Lipinski definition) is 0. The molecule has 0 amide bonds. The molecule has 9 heteroatoms. The zero-order valence-corrected chi connectivity index (χ0v) is 10.8. The summed E-state index contributed by atoms with van der Waals surface area (Å²) in [5.41, 5.74) is 0. The largest absolute Gasteiger partial charge is 0.805 e. The van der Waals surface area contributed by atoms with E-state index >= 15 is 0 Å². The minimum Gasteiger partial charge on any atom is -0.222 e. The van der Waals surface area contributed by atoms with Crippen molar-refractivity contribution >= 4 is 8.25 Å². The highest BCUT2D eigenvalue weighted by Gasteiger charge is 2.35. The molecule has 0 saturated heterocycles. The first kappa shape index (κ1) is 15.2. The van der Waals surface area contributed by atoms with Crippen molar-refractivity contribution in [1.82, 2.24) is 0 Å². The van der Waals surface area contributed by atoms with Gasteiger partial charge in [0.15, 0.2) is 5.75 Å². The average molecular weight is 323 g/mol. The lowest BCUT2D eigenvalue weighted by Gasteiger charge is -2.02. The van der Waals surface area contributed by atoms with Crippen LogP contribution in [0.5, 0.6) is 11.5 Å². The summed E-state index contributed by atoms with van der Waals surface area (Å²) in [5, 5.41) is 0. The van der Waals surface area contributed by atoms with Crippen LogP contribution in [0, 0.1) is 29.1 Å². The molecule has 0 fully saturated rings. The van der Waals surface area contributed by atoms with Crippen LogP contribution in [0.25, 0.3) is 0 Å². The standard InChI is InChI=1S/C12H5F5O3P/c13-7-8(14)10(16)12(11(17)9(7)15)20-21(18)19-6-4-2-1-3-5-6/h1-5H/q+1. The summed E-state index contributed by atoms with van der Waals surface area (Å²) in [4.78, 5) is 0. The summed E-state index contributed by atoms with van der Waals surface area (Å²) in [7, 11) is -3.19. The number of halogens is 5. The smallest absolute Gasteiger partial charge is 0.222 e. The van der Waals surface area contributed by atoms with E-state index in [1.54, 1.807) is 6.07 Å². The van der Waals surface area contributed by atoms with Crippen LogP contribution >= 0.6 is 8.25 Å². The first-order valence-corrected chi connectivity index (χ1v) is 6.41. The third kappa shape index (κ3) is 3.11. The monoisotopic (exact) mass is 323 g/mol. The van der Waals surface area contributed by atoms with Gasteiger partial charge in [-0.2, -0.15) is 8.78 Å². The van der Waals surface area contributed by atoms with Crippen molar-refractivity contribution in [3.05, 3.63) is 59.4 Å². The second kappa shape index (κ2) is 6.05. The van der Waals surface area contributed by atoms with Crippen molar-refractivity contribution in [1.29, 1.82) is 0 Å². The van der Waals surface area contributed by atoms with Gasteiger partial charge in [0, 0.05) is 4.57 Å². The first-order valence-electron chi connectivity index (χ1n) is 5.31. The van der Waals surface area contributed by atoms with Gasteiger partial charge in [-0.15, -0.1) is 0 Å². The Bertz CT molecular complexity index is 664. The molecule has 2 aromatic carbocycles. The van der Waals surface area contributed by atoms with Gasteiger partial charge in [-0.25, -0.2) is 22.2 Å². The normalized spacial score (nSPS) is 11.2. The Kier molecular flexibility index (Phi) is 4.37. The van der Waals surface area contributed by atoms with E-state index in [9.17, 15) is 26.5 Å². The predicted molar refractivity (Wildman–Crippen MR) is 61.5 cm³/mol. The van der Waals surface area contributed by atoms with Crippen molar-refractivity contribution in [3.8, 4) is 11.5 Å². The molecule has 21 heavy (non-hydrogen) atoms. The Hall–Kier alpha value is -2.21. The fraction of sp³-hybridized carbons (Fsp3) is 0. The molecule has 110 valence electrons. The van der Waals surface area contributed by atoms with E-state index in [2.05, 4.69) is 9.05 Å². The molecule has 0 aliphatic rings. The molecule has 2 rings (SSSR count). The van der Waals surface area contributed by atoms with Crippen LogP contribution in [0.3, 0.4) is 0 Å². The van der Waals surface area contributed by atoms with E-state index < -0.39 is 43.1 Å². The average Bonchev–Trinajstić information content (AvgIpc) is 2.48. The summed E-state index contributed by atoms with van der Waals surface area (Å²) in [6.07, 6.45) is 0. The summed E-state index contributed by atoms with van der Waals surface area (Å²) in [6.45, 7) is 0. The molecule has 0 aliphatic carbocycles. The molecule has 0 bridgehead atoms. The maximum atomic E-state index is 13.3. The molecular weight excluding hydrogens is 318 g/mol. The van der Waals surface area contributed by atoms with Crippen LogP contribution in [-0.2, 0) is 4.57 Å². The fourth-order valence-electron chi connectivity index (χ4n) is 1.33. The van der Waals surface area contributed by atoms with Crippen LogP contribution in [0.15, 0.2) is 30.3 Å². The highest BCUT2D eigenvalue weighted by molar-refractivity contribution is 7.34. The third-order valence-corrected chi connectivity index (χ3v) is 2.95. The second-order valence-electron chi connectivity index (χ2n) is 3.62. The van der Waals surface area contributed by atoms with Gasteiger partial charge in [-0.3, -0.25) is 0 Å². The Morgan fingerprint density at radius 2 is 1.19 bits per heavy atom. The molecule has 1 atom stereocenters. The molecule has 0 N–H and O–H groups in total. The zero-order valence-electron chi connectivity index (χ0n) is 9.95. The van der Waals surface area contributed by atoms with Gasteiger partial charge in [0.05, 0.1) is 0 Å². The van der Waals surface area contributed by atoms with Crippen molar-refractivity contribution in [2.24, 2.45) is 0 Å². The summed E-state index contributed by atoms with van der Waals surface area (Å²) < 4.78 is 85.4. The predicted octanol–water partition coefficient (Wildman–Crippen LogP) is 4.50. The van der Waals surface area contributed by atoms with Crippen LogP contribution in [0.2, 0.25) is 0 Å². The van der Waals surface area contributed by atoms with Crippen molar-refractivity contribution in [2.75, 3.05) is 0 Å². The van der Waals surface area contributed by atoms with Gasteiger partial charge in [0.2, 0.25) is 29.1 Å². The molecular formula is C12H5F5O3P+. The van der Waals surface area contributed by atoms with Crippen molar-refractivity contribution in [3.63, 3.8) is 0 Å². The van der Waals surface area contributed by atoms with Crippen LogP contribution in [0.4, 0.5) is 22.0 Å². The maximum Gasteiger partial charge on any atom is 0.805 e. The molecule has 1 unspecified atom stereocenters. The lowest BCUT2D eigenvalue weighted by Crippen LogP contribution is -2.04. The summed E-state index contributed by atoms with van der Waals surface area (Å²) in [6, 6.07) is 7.35. The fourth-order valence-corrected chi connectivity index (χ4v) is 1.97. The Morgan fingerprint density at radius 3 is 1.71 bits per heavy atom. The highest BCUT2D eigenvalue weighted by atomic mass is 31.1. The Labute approximate surface area is 115 Å². The molecule has 0 radical (unpaired) electrons. The number of para-hydroxylation sites is 1. The molecule has 3 nitrogen and oxygen atoms in total.